The van der Waals surface area contributed by atoms with E-state index in [4.69, 9.17) is 4.98 Å². The van der Waals surface area contributed by atoms with Crippen LogP contribution in [0.4, 0.5) is 0 Å². The van der Waals surface area contributed by atoms with Crippen molar-refractivity contribution < 1.29 is 8.42 Å². The number of aromatic nitrogens is 2. The minimum Gasteiger partial charge on any atom is -0.327 e. The van der Waals surface area contributed by atoms with E-state index in [0.717, 1.165) is 48.8 Å². The van der Waals surface area contributed by atoms with Crippen molar-refractivity contribution in [1.29, 1.82) is 0 Å². The summed E-state index contributed by atoms with van der Waals surface area (Å²) < 4.78 is 28.6. The van der Waals surface area contributed by atoms with Crippen molar-refractivity contribution in [2.24, 2.45) is 5.92 Å². The van der Waals surface area contributed by atoms with Crippen molar-refractivity contribution >= 4 is 32.4 Å². The lowest BCUT2D eigenvalue weighted by Gasteiger charge is -2.36. The quantitative estimate of drug-likeness (QED) is 0.579. The van der Waals surface area contributed by atoms with Crippen LogP contribution in [0.2, 0.25) is 0 Å². The minimum atomic E-state index is -3.47. The van der Waals surface area contributed by atoms with Crippen molar-refractivity contribution in [1.82, 2.24) is 18.8 Å². The molecule has 1 unspecified atom stereocenters. The molecule has 1 aliphatic heterocycles. The topological polar surface area (TPSA) is 58.4 Å². The second kappa shape index (κ2) is 7.44. The summed E-state index contributed by atoms with van der Waals surface area (Å²) in [7, 11) is -0.353. The van der Waals surface area contributed by atoms with Crippen molar-refractivity contribution in [2.45, 2.75) is 50.2 Å². The third-order valence-corrected chi connectivity index (χ3v) is 9.23. The van der Waals surface area contributed by atoms with Crippen LogP contribution in [-0.4, -0.2) is 47.8 Å². The molecular formula is C22H28N4O2S2. The molecule has 1 saturated carbocycles. The van der Waals surface area contributed by atoms with Crippen LogP contribution < -0.4 is 0 Å². The number of benzene rings is 1. The van der Waals surface area contributed by atoms with E-state index in [1.165, 1.54) is 22.7 Å². The molecule has 2 aliphatic rings. The number of aryl methyl sites for hydroxylation is 1. The number of fused-ring (bicyclic) bond motifs is 2. The van der Waals surface area contributed by atoms with E-state index in [-0.39, 0.29) is 0 Å². The lowest BCUT2D eigenvalue weighted by molar-refractivity contribution is 0.152. The molecule has 0 bridgehead atoms. The Morgan fingerprint density at radius 1 is 1.23 bits per heavy atom. The Balaban J connectivity index is 1.51. The van der Waals surface area contributed by atoms with Gasteiger partial charge >= 0.3 is 0 Å². The van der Waals surface area contributed by atoms with Crippen LogP contribution in [0.1, 0.15) is 42.1 Å². The van der Waals surface area contributed by atoms with Gasteiger partial charge in [0.25, 0.3) is 0 Å². The molecule has 0 spiro atoms. The zero-order valence-electron chi connectivity index (χ0n) is 17.7. The molecule has 0 radical (unpaired) electrons. The molecule has 5 rings (SSSR count). The van der Waals surface area contributed by atoms with Crippen molar-refractivity contribution in [3.8, 4) is 0 Å². The van der Waals surface area contributed by atoms with Gasteiger partial charge in [0.1, 0.15) is 5.82 Å². The first-order valence-corrected chi connectivity index (χ1v) is 12.9. The first-order chi connectivity index (χ1) is 14.4. The van der Waals surface area contributed by atoms with E-state index >= 15 is 0 Å². The van der Waals surface area contributed by atoms with Gasteiger partial charge in [0.15, 0.2) is 0 Å². The van der Waals surface area contributed by atoms with Gasteiger partial charge in [-0.05, 0) is 67.3 Å². The zero-order chi connectivity index (χ0) is 21.0. The predicted molar refractivity (Wildman–Crippen MR) is 120 cm³/mol. The number of nitrogens with zero attached hydrogens (tertiary/aromatic N) is 4. The fourth-order valence-corrected chi connectivity index (χ4v) is 6.56. The first-order valence-electron chi connectivity index (χ1n) is 10.6. The van der Waals surface area contributed by atoms with Crippen LogP contribution in [0, 0.1) is 5.92 Å². The Hall–Kier alpha value is -1.74. The van der Waals surface area contributed by atoms with Gasteiger partial charge in [0, 0.05) is 38.1 Å². The molecule has 3 aromatic rings. The molecule has 1 aromatic carbocycles. The molecule has 160 valence electrons. The van der Waals surface area contributed by atoms with Gasteiger partial charge in [-0.1, -0.05) is 0 Å². The van der Waals surface area contributed by atoms with E-state index in [9.17, 15) is 8.42 Å². The number of hydrogen-bond donors (Lipinski definition) is 0. The van der Waals surface area contributed by atoms with E-state index in [2.05, 4.69) is 27.8 Å². The van der Waals surface area contributed by atoms with Crippen LogP contribution in [0.3, 0.4) is 0 Å². The normalized spacial score (nSPS) is 20.2. The van der Waals surface area contributed by atoms with Gasteiger partial charge in [-0.2, -0.15) is 0 Å². The summed E-state index contributed by atoms with van der Waals surface area (Å²) in [6.07, 6.45) is 3.73. The number of imidazole rings is 1. The number of thiophene rings is 1. The fraction of sp³-hybridized carbons (Fsp3) is 0.500. The van der Waals surface area contributed by atoms with Gasteiger partial charge in [-0.15, -0.1) is 11.3 Å². The lowest BCUT2D eigenvalue weighted by atomic mass is 9.96. The summed E-state index contributed by atoms with van der Waals surface area (Å²) in [5, 5.41) is 2.23. The van der Waals surface area contributed by atoms with Crippen LogP contribution in [0.15, 0.2) is 34.5 Å². The molecule has 0 amide bonds. The number of rotatable bonds is 6. The van der Waals surface area contributed by atoms with E-state index in [0.29, 0.717) is 10.9 Å². The first kappa shape index (κ1) is 20.2. The van der Waals surface area contributed by atoms with E-state index in [1.807, 2.05) is 17.4 Å². The van der Waals surface area contributed by atoms with Crippen LogP contribution in [0.5, 0.6) is 0 Å². The number of hydrogen-bond acceptors (Lipinski definition) is 5. The van der Waals surface area contributed by atoms with Crippen molar-refractivity contribution in [2.75, 3.05) is 20.6 Å². The summed E-state index contributed by atoms with van der Waals surface area (Å²) in [5.74, 6) is 1.78. The SMILES string of the molecule is CCn1c(CN2CCc3sccc3C2C2CC2)nc2cc(S(=O)(=O)N(C)C)ccc21. The molecule has 3 heterocycles. The van der Waals surface area contributed by atoms with Crippen LogP contribution >= 0.6 is 11.3 Å². The Kier molecular flexibility index (Phi) is 5.01. The second-order valence-corrected chi connectivity index (χ2v) is 11.7. The van der Waals surface area contributed by atoms with Crippen LogP contribution in [-0.2, 0) is 29.5 Å². The summed E-state index contributed by atoms with van der Waals surface area (Å²) >= 11 is 1.89. The minimum absolute atomic E-state index is 0.295. The Labute approximate surface area is 182 Å². The Morgan fingerprint density at radius 3 is 2.73 bits per heavy atom. The van der Waals surface area contributed by atoms with Gasteiger partial charge in [-0.3, -0.25) is 4.90 Å². The maximum atomic E-state index is 12.6. The predicted octanol–water partition coefficient (Wildman–Crippen LogP) is 3.88. The van der Waals surface area contributed by atoms with Crippen molar-refractivity contribution in [3.63, 3.8) is 0 Å². The van der Waals surface area contributed by atoms with Gasteiger partial charge in [0.05, 0.1) is 22.5 Å². The zero-order valence-corrected chi connectivity index (χ0v) is 19.3. The largest absolute Gasteiger partial charge is 0.327 e. The third-order valence-electron chi connectivity index (χ3n) is 6.42. The second-order valence-electron chi connectivity index (χ2n) is 8.51. The number of sulfonamides is 1. The Morgan fingerprint density at radius 2 is 2.03 bits per heavy atom. The molecule has 6 nitrogen and oxygen atoms in total. The lowest BCUT2D eigenvalue weighted by Crippen LogP contribution is -2.36. The average Bonchev–Trinajstić information content (AvgIpc) is 3.33. The Bertz CT molecular complexity index is 1190. The molecule has 1 atom stereocenters. The highest BCUT2D eigenvalue weighted by atomic mass is 32.2. The standard InChI is InChI=1S/C22H28N4O2S2/c1-4-26-19-8-7-16(30(27,28)24(2)3)13-18(19)23-21(26)14-25-11-9-20-17(10-12-29-20)22(25)15-5-6-15/h7-8,10,12-13,15,22H,4-6,9,11,14H2,1-3H3. The molecule has 2 aromatic heterocycles. The summed E-state index contributed by atoms with van der Waals surface area (Å²) in [4.78, 5) is 9.35. The molecular weight excluding hydrogens is 416 g/mol. The summed E-state index contributed by atoms with van der Waals surface area (Å²) in [5.41, 5.74) is 3.28. The van der Waals surface area contributed by atoms with Gasteiger partial charge in [-0.25, -0.2) is 17.7 Å². The molecule has 30 heavy (non-hydrogen) atoms. The van der Waals surface area contributed by atoms with E-state index in [1.54, 1.807) is 31.1 Å². The summed E-state index contributed by atoms with van der Waals surface area (Å²) in [6.45, 7) is 4.80. The highest BCUT2D eigenvalue weighted by Gasteiger charge is 2.40. The van der Waals surface area contributed by atoms with Crippen molar-refractivity contribution in [3.05, 3.63) is 45.9 Å². The van der Waals surface area contributed by atoms with Gasteiger partial charge < -0.3 is 4.57 Å². The highest BCUT2D eigenvalue weighted by molar-refractivity contribution is 7.89. The molecule has 0 saturated heterocycles. The smallest absolute Gasteiger partial charge is 0.242 e. The average molecular weight is 445 g/mol. The molecule has 1 fully saturated rings. The maximum Gasteiger partial charge on any atom is 0.242 e. The van der Waals surface area contributed by atoms with E-state index < -0.39 is 10.0 Å². The monoisotopic (exact) mass is 444 g/mol. The maximum absolute atomic E-state index is 12.6. The molecule has 1 aliphatic carbocycles. The fourth-order valence-electron chi connectivity index (χ4n) is 4.73. The summed E-state index contributed by atoms with van der Waals surface area (Å²) in [6, 6.07) is 8.12. The third kappa shape index (κ3) is 3.30. The molecule has 0 N–H and O–H groups in total. The highest BCUT2D eigenvalue weighted by Crippen LogP contribution is 2.48. The molecule has 8 heteroatoms. The van der Waals surface area contributed by atoms with Gasteiger partial charge in [0.2, 0.25) is 10.0 Å². The van der Waals surface area contributed by atoms with Crippen LogP contribution in [0.25, 0.3) is 11.0 Å².